The van der Waals surface area contributed by atoms with Gasteiger partial charge in [0.15, 0.2) is 0 Å². The van der Waals surface area contributed by atoms with E-state index in [2.05, 4.69) is 106 Å². The van der Waals surface area contributed by atoms with Gasteiger partial charge >= 0.3 is 0 Å². The Morgan fingerprint density at radius 2 is 0.735 bits per heavy atom. The number of hydrogen-bond acceptors (Lipinski definition) is 23. The molecule has 10 atom stereocenters. The van der Waals surface area contributed by atoms with E-state index < -0.39 is 260 Å². The SMILES string of the molecule is CC[C@@](C)(NC(=O)C(C)(C)NC(=O)[C@H](CO)NC(=O)C(C)(C)NC(=O)[C@H](Cc1ccccc1)NC(C)=O)C(=O)N[C@@H](CC(C)C)C(=O)N[C@@H](CCC(N)=O)C(=O)NCC(=O)NC(C)(C)C(=O)NC(C)(C)C(=O)N[C@@H](C)C(=O)N[C@@H](C)C(=O)NC(C)(C)C(=O)N[C@](C)(CC)C(=O)NC(C)(C)C(=O)NC(C)(C)C(=O)NC(C)(C)C(=O)N[C@@H](CCC(N)=O)C(=O)N[C@H](CO)Cc1c[nH]c2ccccc12. The molecule has 136 heavy (non-hydrogen) atoms. The van der Waals surface area contributed by atoms with Gasteiger partial charge in [0.05, 0.1) is 25.8 Å². The van der Waals surface area contributed by atoms with Gasteiger partial charge in [-0.05, 0) is 200 Å². The summed E-state index contributed by atoms with van der Waals surface area (Å²) in [5.41, 5.74) is -4.97. The van der Waals surface area contributed by atoms with Crippen LogP contribution in [0.3, 0.4) is 0 Å². The first kappa shape index (κ1) is 117. The van der Waals surface area contributed by atoms with E-state index in [9.17, 15) is 111 Å². The van der Waals surface area contributed by atoms with Crippen LogP contribution in [0.2, 0.25) is 0 Å². The number of hydrogen-bond donors (Lipinski definition) is 24. The van der Waals surface area contributed by atoms with E-state index in [1.54, 1.807) is 57.3 Å². The Morgan fingerprint density at radius 3 is 1.20 bits per heavy atom. The number of fused-ring (bicyclic) bond motifs is 1. The molecule has 21 amide bonds. The van der Waals surface area contributed by atoms with Crippen LogP contribution in [0, 0.1) is 5.92 Å². The molecular formula is C91H144N22O23. The molecule has 1 aromatic heterocycles. The monoisotopic (exact) mass is 1910 g/mol. The summed E-state index contributed by atoms with van der Waals surface area (Å²) in [7, 11) is 0. The molecule has 0 saturated heterocycles. The minimum absolute atomic E-state index is 0.0669. The Kier molecular flexibility index (Phi) is 42.0. The maximum absolute atomic E-state index is 14.3. The Morgan fingerprint density at radius 1 is 0.353 bits per heavy atom. The van der Waals surface area contributed by atoms with E-state index in [1.807, 2.05) is 24.3 Å². The summed E-state index contributed by atoms with van der Waals surface area (Å²) in [5, 5.41) is 69.3. The van der Waals surface area contributed by atoms with E-state index in [1.165, 1.54) is 152 Å². The Labute approximate surface area is 792 Å². The number of nitrogens with one attached hydrogen (secondary N) is 20. The van der Waals surface area contributed by atoms with E-state index in [0.29, 0.717) is 5.56 Å². The van der Waals surface area contributed by atoms with Crippen LogP contribution in [0.25, 0.3) is 10.9 Å². The van der Waals surface area contributed by atoms with Crippen molar-refractivity contribution in [1.29, 1.82) is 0 Å². The maximum atomic E-state index is 14.3. The van der Waals surface area contributed by atoms with E-state index in [4.69, 9.17) is 11.5 Å². The number of primary amides is 2. The van der Waals surface area contributed by atoms with Crippen LogP contribution in [-0.4, -0.2) is 263 Å². The standard InChI is InChI=1S/C91H144N22O23/c1-26-90(24,112-79(134)87(18,19)107-71(126)61(47-115)103-73(128)82(8,9)106-70(125)60(98-51(7)116)42-52-33-29-28-30-34-52)80(135)102-59(41-48(3)4)69(124)100-57(37-39-62(92)117)67(122)95-45-64(119)104-85(14,15)75(130)108-83(10,11)72(127)97-49(5)65(120)96-50(6)66(121)105-86(16,17)78(133)113-91(25,27-2)81(136)111-89(22,23)77(132)110-88(20,21)76(131)109-84(12,13)74(129)101-58(38-40-63(93)118)68(123)99-54(46-114)43-53-44-94-56-36-32-31-35-55(53)56/h28-36,44,48-50,54,57-61,94,114-115H,26-27,37-43,45-47H2,1-25H3,(H2,92,117)(H2,93,118)(H,95,122)(H,96,120)(H,97,127)(H,98,116)(H,99,123)(H,100,124)(H,101,129)(H,102,135)(H,103,128)(H,104,119)(H,105,121)(H,106,125)(H,107,126)(H,108,130)(H,109,131)(H,110,132)(H,111,136)(H,112,134)(H,113,133)/t49-,50-,54-,57-,58-,59-,60-,61-,90+,91+/m0/s1. The third-order valence-electron chi connectivity index (χ3n) is 22.5. The zero-order valence-electron chi connectivity index (χ0n) is 82.6. The van der Waals surface area contributed by atoms with Crippen LogP contribution in [-0.2, 0) is 114 Å². The average molecular weight is 1910 g/mol. The zero-order chi connectivity index (χ0) is 104. The molecule has 45 nitrogen and oxygen atoms in total. The lowest BCUT2D eigenvalue weighted by Gasteiger charge is -2.38. The number of amides is 21. The Hall–Kier alpha value is -13.2. The zero-order valence-corrected chi connectivity index (χ0v) is 82.6. The highest BCUT2D eigenvalue weighted by Gasteiger charge is 2.48. The number of para-hydroxylation sites is 1. The molecule has 1 heterocycles. The number of carbonyl (C=O) groups is 21. The van der Waals surface area contributed by atoms with E-state index in [0.717, 1.165) is 16.5 Å². The molecule has 2 aromatic carbocycles. The highest BCUT2D eigenvalue weighted by Crippen LogP contribution is 2.24. The number of H-pyrrole nitrogens is 1. The predicted molar refractivity (Wildman–Crippen MR) is 500 cm³/mol. The minimum Gasteiger partial charge on any atom is -0.394 e. The maximum Gasteiger partial charge on any atom is 0.246 e. The molecule has 0 fully saturated rings. The normalized spacial score (nSPS) is 14.7. The molecule has 0 aliphatic rings. The van der Waals surface area contributed by atoms with Gasteiger partial charge in [0, 0.05) is 43.3 Å². The fraction of sp³-hybridized carbons (Fsp3) is 0.615. The van der Waals surface area contributed by atoms with Crippen molar-refractivity contribution in [2.24, 2.45) is 17.4 Å². The van der Waals surface area contributed by atoms with Crippen molar-refractivity contribution in [1.82, 2.24) is 106 Å². The fourth-order valence-corrected chi connectivity index (χ4v) is 13.0. The third-order valence-corrected chi connectivity index (χ3v) is 22.5. The van der Waals surface area contributed by atoms with Crippen molar-refractivity contribution in [3.63, 3.8) is 0 Å². The molecule has 0 unspecified atom stereocenters. The second-order valence-corrected chi connectivity index (χ2v) is 39.1. The smallest absolute Gasteiger partial charge is 0.246 e. The largest absolute Gasteiger partial charge is 0.394 e. The van der Waals surface area contributed by atoms with Crippen molar-refractivity contribution < 1.29 is 111 Å². The van der Waals surface area contributed by atoms with Gasteiger partial charge in [-0.3, -0.25) is 101 Å². The lowest BCUT2D eigenvalue weighted by molar-refractivity contribution is -0.142. The molecule has 0 aliphatic carbocycles. The Bertz CT molecular complexity index is 4910. The van der Waals surface area contributed by atoms with Crippen LogP contribution in [0.5, 0.6) is 0 Å². The third kappa shape index (κ3) is 35.2. The van der Waals surface area contributed by atoms with Crippen LogP contribution < -0.4 is 112 Å². The number of rotatable bonds is 53. The number of aromatic amines is 1. The Balaban J connectivity index is 1.60. The first-order valence-corrected chi connectivity index (χ1v) is 44.7. The molecule has 3 rings (SSSR count). The van der Waals surface area contributed by atoms with Crippen molar-refractivity contribution in [2.45, 2.75) is 335 Å². The summed E-state index contributed by atoms with van der Waals surface area (Å²) in [6.07, 6.45) is 0.277. The van der Waals surface area contributed by atoms with Crippen LogP contribution in [0.15, 0.2) is 60.8 Å². The number of nitrogens with two attached hydrogens (primary N) is 2. The molecule has 756 valence electrons. The first-order valence-electron chi connectivity index (χ1n) is 44.7. The summed E-state index contributed by atoms with van der Waals surface area (Å²) in [5.74, 6) is -19.0. The summed E-state index contributed by atoms with van der Waals surface area (Å²) in [6.45, 7) is 31.3. The number of benzene rings is 2. The minimum atomic E-state index is -1.88. The highest BCUT2D eigenvalue weighted by molar-refractivity contribution is 6.05. The highest BCUT2D eigenvalue weighted by atomic mass is 16.3. The second-order valence-electron chi connectivity index (χ2n) is 39.1. The van der Waals surface area contributed by atoms with Crippen LogP contribution in [0.4, 0.5) is 0 Å². The molecule has 0 bridgehead atoms. The van der Waals surface area contributed by atoms with E-state index in [-0.39, 0.29) is 50.9 Å². The van der Waals surface area contributed by atoms with Gasteiger partial charge in [0.25, 0.3) is 0 Å². The second kappa shape index (κ2) is 48.8. The number of aliphatic hydroxyl groups excluding tert-OH is 2. The summed E-state index contributed by atoms with van der Waals surface area (Å²) < 4.78 is 0. The van der Waals surface area contributed by atoms with Crippen molar-refractivity contribution in [2.75, 3.05) is 19.8 Å². The summed E-state index contributed by atoms with van der Waals surface area (Å²) >= 11 is 0. The quantitative estimate of drug-likeness (QED) is 0.0259. The average Bonchev–Trinajstić information content (AvgIpc) is 1.32. The molecular weight excluding hydrogens is 1770 g/mol. The lowest BCUT2D eigenvalue weighted by Crippen LogP contribution is -2.69. The molecule has 3 aromatic rings. The predicted octanol–water partition coefficient (Wildman–Crippen LogP) is -3.70. The van der Waals surface area contributed by atoms with Gasteiger partial charge in [-0.15, -0.1) is 0 Å². The number of carbonyl (C=O) groups excluding carboxylic acids is 21. The lowest BCUT2D eigenvalue weighted by atomic mass is 9.92. The van der Waals surface area contributed by atoms with Crippen LogP contribution in [0.1, 0.15) is 229 Å². The van der Waals surface area contributed by atoms with Gasteiger partial charge in [-0.25, -0.2) is 0 Å². The molecule has 0 spiro atoms. The molecule has 26 N–H and O–H groups in total. The molecule has 0 saturated carbocycles. The molecule has 45 heteroatoms. The summed E-state index contributed by atoms with van der Waals surface area (Å²) in [4.78, 5) is 289. The van der Waals surface area contributed by atoms with Crippen molar-refractivity contribution >= 4 is 135 Å². The van der Waals surface area contributed by atoms with Crippen molar-refractivity contribution in [3.8, 4) is 0 Å². The van der Waals surface area contributed by atoms with Crippen molar-refractivity contribution in [3.05, 3.63) is 71.9 Å². The number of aliphatic hydroxyl groups is 2. The van der Waals surface area contributed by atoms with Gasteiger partial charge in [-0.1, -0.05) is 76.2 Å². The fourth-order valence-electron chi connectivity index (χ4n) is 13.0. The van der Waals surface area contributed by atoms with Gasteiger partial charge in [0.1, 0.15) is 97.7 Å². The molecule has 0 radical (unpaired) electrons. The topological polar surface area (TPSA) is 695 Å². The van der Waals surface area contributed by atoms with E-state index >= 15 is 0 Å². The van der Waals surface area contributed by atoms with Gasteiger partial charge in [-0.2, -0.15) is 0 Å². The van der Waals surface area contributed by atoms with Gasteiger partial charge in [0.2, 0.25) is 124 Å². The number of aromatic nitrogens is 1. The van der Waals surface area contributed by atoms with Crippen LogP contribution >= 0.6 is 0 Å². The summed E-state index contributed by atoms with van der Waals surface area (Å²) in [6, 6.07) is 5.34. The van der Waals surface area contributed by atoms with Gasteiger partial charge < -0.3 is 128 Å². The molecule has 0 aliphatic heterocycles. The first-order chi connectivity index (χ1) is 62.4.